The Hall–Kier alpha value is -3.98. The number of hydrogen-bond donors (Lipinski definition) is 4. The number of thiazole rings is 1. The van der Waals surface area contributed by atoms with Gasteiger partial charge in [-0.25, -0.2) is 9.97 Å². The zero-order valence-electron chi connectivity index (χ0n) is 16.0. The predicted molar refractivity (Wildman–Crippen MR) is 119 cm³/mol. The molecule has 4 aromatic rings. The van der Waals surface area contributed by atoms with Crippen LogP contribution in [-0.4, -0.2) is 28.8 Å². The summed E-state index contributed by atoms with van der Waals surface area (Å²) in [6.45, 7) is 0. The third kappa shape index (κ3) is 4.06. The number of pyridine rings is 1. The van der Waals surface area contributed by atoms with E-state index < -0.39 is 5.91 Å². The quantitative estimate of drug-likeness (QED) is 0.379. The van der Waals surface area contributed by atoms with Gasteiger partial charge < -0.3 is 21.7 Å². The third-order valence-electron chi connectivity index (χ3n) is 4.43. The molecule has 0 aliphatic rings. The molecule has 2 aromatic heterocycles. The fourth-order valence-corrected chi connectivity index (χ4v) is 3.63. The summed E-state index contributed by atoms with van der Waals surface area (Å²) in [6, 6.07) is 14.4. The van der Waals surface area contributed by atoms with Gasteiger partial charge in [-0.3, -0.25) is 9.59 Å². The van der Waals surface area contributed by atoms with Crippen LogP contribution in [0.1, 0.15) is 20.7 Å². The Labute approximate surface area is 176 Å². The van der Waals surface area contributed by atoms with E-state index in [1.165, 1.54) is 6.20 Å². The molecule has 2 amide bonds. The van der Waals surface area contributed by atoms with Crippen LogP contribution in [0, 0.1) is 0 Å². The van der Waals surface area contributed by atoms with Gasteiger partial charge in [0.05, 0.1) is 27.0 Å². The van der Waals surface area contributed by atoms with Gasteiger partial charge in [-0.1, -0.05) is 0 Å². The van der Waals surface area contributed by atoms with Crippen molar-refractivity contribution in [2.24, 2.45) is 5.73 Å². The Morgan fingerprint density at radius 1 is 0.967 bits per heavy atom. The molecule has 2 aromatic carbocycles. The SMILES string of the molecule is CNC(=O)c1ccc(Nc2cc(Nc3ccc4ncsc4c3)ncc2C(N)=O)cc1. The minimum Gasteiger partial charge on any atom is -0.365 e. The molecule has 0 bridgehead atoms. The van der Waals surface area contributed by atoms with Gasteiger partial charge in [-0.05, 0) is 42.5 Å². The van der Waals surface area contributed by atoms with E-state index in [0.29, 0.717) is 22.8 Å². The number of carbonyl (C=O) groups excluding carboxylic acids is 2. The summed E-state index contributed by atoms with van der Waals surface area (Å²) in [7, 11) is 1.58. The molecule has 5 N–H and O–H groups in total. The molecule has 2 heterocycles. The number of benzene rings is 2. The highest BCUT2D eigenvalue weighted by molar-refractivity contribution is 7.16. The highest BCUT2D eigenvalue weighted by atomic mass is 32.1. The van der Waals surface area contributed by atoms with Gasteiger partial charge in [0.1, 0.15) is 5.82 Å². The third-order valence-corrected chi connectivity index (χ3v) is 5.22. The second-order valence-corrected chi connectivity index (χ2v) is 7.31. The van der Waals surface area contributed by atoms with Crippen molar-refractivity contribution in [1.29, 1.82) is 0 Å². The van der Waals surface area contributed by atoms with Crippen LogP contribution in [0.15, 0.2) is 60.2 Å². The molecule has 4 rings (SSSR count). The molecule has 0 unspecified atom stereocenters. The maximum absolute atomic E-state index is 11.8. The molecule has 0 aliphatic carbocycles. The summed E-state index contributed by atoms with van der Waals surface area (Å²) in [6.07, 6.45) is 1.43. The molecule has 0 saturated heterocycles. The monoisotopic (exact) mass is 418 g/mol. The van der Waals surface area contributed by atoms with Crippen LogP contribution in [0.5, 0.6) is 0 Å². The summed E-state index contributed by atoms with van der Waals surface area (Å²) in [4.78, 5) is 32.1. The van der Waals surface area contributed by atoms with Crippen LogP contribution in [0.3, 0.4) is 0 Å². The highest BCUT2D eigenvalue weighted by Gasteiger charge is 2.12. The maximum Gasteiger partial charge on any atom is 0.252 e. The number of carbonyl (C=O) groups is 2. The van der Waals surface area contributed by atoms with E-state index in [0.717, 1.165) is 15.9 Å². The second-order valence-electron chi connectivity index (χ2n) is 6.42. The van der Waals surface area contributed by atoms with E-state index in [1.54, 1.807) is 54.2 Å². The normalized spacial score (nSPS) is 10.6. The van der Waals surface area contributed by atoms with E-state index in [-0.39, 0.29) is 11.5 Å². The van der Waals surface area contributed by atoms with E-state index in [2.05, 4.69) is 25.9 Å². The molecule has 0 fully saturated rings. The first-order chi connectivity index (χ1) is 14.5. The van der Waals surface area contributed by atoms with Gasteiger partial charge in [0, 0.05) is 36.2 Å². The van der Waals surface area contributed by atoms with Gasteiger partial charge in [-0.15, -0.1) is 11.3 Å². The summed E-state index contributed by atoms with van der Waals surface area (Å²) in [5.41, 5.74) is 11.1. The lowest BCUT2D eigenvalue weighted by atomic mass is 10.1. The molecule has 9 heteroatoms. The Bertz CT molecular complexity index is 1240. The van der Waals surface area contributed by atoms with Crippen LogP contribution in [-0.2, 0) is 0 Å². The number of nitrogens with zero attached hydrogens (tertiary/aromatic N) is 2. The highest BCUT2D eigenvalue weighted by Crippen LogP contribution is 2.27. The lowest BCUT2D eigenvalue weighted by Gasteiger charge is -2.13. The van der Waals surface area contributed by atoms with Crippen molar-refractivity contribution >= 4 is 56.2 Å². The van der Waals surface area contributed by atoms with Gasteiger partial charge in [0.2, 0.25) is 0 Å². The molecule has 0 saturated carbocycles. The van der Waals surface area contributed by atoms with Crippen molar-refractivity contribution < 1.29 is 9.59 Å². The fraction of sp³-hybridized carbons (Fsp3) is 0.0476. The van der Waals surface area contributed by atoms with E-state index >= 15 is 0 Å². The van der Waals surface area contributed by atoms with Gasteiger partial charge in [0.25, 0.3) is 11.8 Å². The topological polar surface area (TPSA) is 122 Å². The molecule has 150 valence electrons. The largest absolute Gasteiger partial charge is 0.365 e. The maximum atomic E-state index is 11.8. The van der Waals surface area contributed by atoms with Crippen LogP contribution in [0.4, 0.5) is 22.9 Å². The molecular weight excluding hydrogens is 400 g/mol. The lowest BCUT2D eigenvalue weighted by Crippen LogP contribution is -2.17. The summed E-state index contributed by atoms with van der Waals surface area (Å²) >= 11 is 1.55. The van der Waals surface area contributed by atoms with Crippen molar-refractivity contribution in [3.8, 4) is 0 Å². The number of hydrogen-bond acceptors (Lipinski definition) is 7. The fourth-order valence-electron chi connectivity index (χ4n) is 2.91. The zero-order chi connectivity index (χ0) is 21.1. The van der Waals surface area contributed by atoms with Crippen molar-refractivity contribution in [2.75, 3.05) is 17.7 Å². The minimum absolute atomic E-state index is 0.173. The van der Waals surface area contributed by atoms with Crippen molar-refractivity contribution in [3.63, 3.8) is 0 Å². The Morgan fingerprint density at radius 3 is 2.47 bits per heavy atom. The zero-order valence-corrected chi connectivity index (χ0v) is 16.8. The number of anilines is 4. The van der Waals surface area contributed by atoms with Gasteiger partial charge in [0.15, 0.2) is 0 Å². The van der Waals surface area contributed by atoms with Crippen LogP contribution >= 0.6 is 11.3 Å². The standard InChI is InChI=1S/C21H18N6O2S/c1-23-21(29)12-2-4-13(5-3-12)26-17-9-19(24-10-15(17)20(22)28)27-14-6-7-16-18(8-14)30-11-25-16/h2-11H,1H3,(H2,22,28)(H,23,29)(H2,24,26,27). The smallest absolute Gasteiger partial charge is 0.252 e. The molecule has 0 spiro atoms. The molecular formula is C21H18N6O2S. The first kappa shape index (κ1) is 19.3. The minimum atomic E-state index is -0.593. The Kier molecular flexibility index (Phi) is 5.27. The first-order valence-corrected chi connectivity index (χ1v) is 9.91. The van der Waals surface area contributed by atoms with E-state index in [1.807, 2.05) is 18.2 Å². The predicted octanol–water partition coefficient (Wildman–Crippen LogP) is 3.64. The molecule has 0 radical (unpaired) electrons. The molecule has 0 atom stereocenters. The number of amides is 2. The Balaban J connectivity index is 1.60. The van der Waals surface area contributed by atoms with Gasteiger partial charge >= 0.3 is 0 Å². The van der Waals surface area contributed by atoms with Crippen LogP contribution in [0.25, 0.3) is 10.2 Å². The van der Waals surface area contributed by atoms with Crippen molar-refractivity contribution in [3.05, 3.63) is 71.4 Å². The van der Waals surface area contributed by atoms with Crippen molar-refractivity contribution in [2.45, 2.75) is 0 Å². The number of aromatic nitrogens is 2. The average Bonchev–Trinajstić information content (AvgIpc) is 3.21. The molecule has 8 nitrogen and oxygen atoms in total. The van der Waals surface area contributed by atoms with E-state index in [9.17, 15) is 9.59 Å². The number of nitrogens with two attached hydrogens (primary N) is 1. The Morgan fingerprint density at radius 2 is 1.73 bits per heavy atom. The number of fused-ring (bicyclic) bond motifs is 1. The molecule has 0 aliphatic heterocycles. The van der Waals surface area contributed by atoms with E-state index in [4.69, 9.17) is 5.73 Å². The number of primary amides is 1. The molecule has 30 heavy (non-hydrogen) atoms. The lowest BCUT2D eigenvalue weighted by molar-refractivity contribution is 0.0961. The summed E-state index contributed by atoms with van der Waals surface area (Å²) in [5.74, 6) is -0.217. The second kappa shape index (κ2) is 8.18. The van der Waals surface area contributed by atoms with Gasteiger partial charge in [-0.2, -0.15) is 0 Å². The summed E-state index contributed by atoms with van der Waals surface area (Å²) in [5, 5.41) is 8.98. The van der Waals surface area contributed by atoms with Crippen LogP contribution in [0.2, 0.25) is 0 Å². The van der Waals surface area contributed by atoms with Crippen LogP contribution < -0.4 is 21.7 Å². The summed E-state index contributed by atoms with van der Waals surface area (Å²) < 4.78 is 1.06. The number of rotatable bonds is 6. The average molecular weight is 418 g/mol. The van der Waals surface area contributed by atoms with Crippen molar-refractivity contribution in [1.82, 2.24) is 15.3 Å². The first-order valence-electron chi connectivity index (χ1n) is 9.03. The number of nitrogens with one attached hydrogen (secondary N) is 3.